The molecule has 0 aliphatic carbocycles. The van der Waals surface area contributed by atoms with Crippen LogP contribution in [-0.2, 0) is 0 Å². The van der Waals surface area contributed by atoms with Crippen molar-refractivity contribution in [1.82, 2.24) is 0 Å². The second kappa shape index (κ2) is 3.61. The maximum absolute atomic E-state index is 5.22. The summed E-state index contributed by atoms with van der Waals surface area (Å²) in [5.41, 5.74) is 11.4. The van der Waals surface area contributed by atoms with Crippen molar-refractivity contribution in [3.8, 4) is 0 Å². The molecule has 0 radical (unpaired) electrons. The number of anilines is 1. The molecule has 0 unspecified atom stereocenters. The Morgan fingerprint density at radius 2 is 1.83 bits per heavy atom. The Morgan fingerprint density at radius 1 is 1.25 bits per heavy atom. The van der Waals surface area contributed by atoms with Crippen LogP contribution in [0.3, 0.4) is 0 Å². The molecule has 0 fully saturated rings. The van der Waals surface area contributed by atoms with Gasteiger partial charge in [0.25, 0.3) is 0 Å². The fraction of sp³-hybridized carbons (Fsp3) is 0.125. The Morgan fingerprint density at radius 3 is 2.33 bits per heavy atom. The van der Waals surface area contributed by atoms with E-state index < -0.39 is 0 Å². The number of nitrogens with zero attached hydrogens (tertiary/aromatic N) is 2. The first-order chi connectivity index (χ1) is 5.70. The van der Waals surface area contributed by atoms with E-state index in [1.165, 1.54) is 0 Å². The highest BCUT2D eigenvalue weighted by molar-refractivity contribution is 5.76. The van der Waals surface area contributed by atoms with Crippen molar-refractivity contribution in [2.75, 3.05) is 12.1 Å². The van der Waals surface area contributed by atoms with E-state index in [2.05, 4.69) is 5.10 Å². The zero-order valence-corrected chi connectivity index (χ0v) is 6.94. The average molecular weight is 164 g/mol. The molecule has 1 rings (SSSR count). The van der Waals surface area contributed by atoms with Gasteiger partial charge in [-0.1, -0.05) is 18.2 Å². The average Bonchev–Trinajstić information content (AvgIpc) is 2.05. The zero-order chi connectivity index (χ0) is 8.97. The Bertz CT molecular complexity index is 264. The van der Waals surface area contributed by atoms with E-state index in [-0.39, 0.29) is 5.96 Å². The quantitative estimate of drug-likeness (QED) is 0.375. The third-order valence-electron chi connectivity index (χ3n) is 1.40. The Hall–Kier alpha value is -1.71. The largest absolute Gasteiger partial charge is 0.369 e. The van der Waals surface area contributed by atoms with Gasteiger partial charge in [-0.15, -0.1) is 5.10 Å². The molecule has 0 saturated carbocycles. The highest BCUT2D eigenvalue weighted by atomic mass is 15.5. The van der Waals surface area contributed by atoms with Crippen molar-refractivity contribution in [2.24, 2.45) is 16.6 Å². The van der Waals surface area contributed by atoms with Crippen molar-refractivity contribution in [3.63, 3.8) is 0 Å². The molecule has 4 N–H and O–H groups in total. The summed E-state index contributed by atoms with van der Waals surface area (Å²) in [5.74, 6) is 0.0568. The second-order valence-corrected chi connectivity index (χ2v) is 2.38. The van der Waals surface area contributed by atoms with Crippen LogP contribution in [0.25, 0.3) is 0 Å². The second-order valence-electron chi connectivity index (χ2n) is 2.38. The monoisotopic (exact) mass is 164 g/mol. The number of rotatable bonds is 2. The number of nitrogens with two attached hydrogens (primary N) is 2. The number of guanidine groups is 1. The molecule has 0 heterocycles. The lowest BCUT2D eigenvalue weighted by Crippen LogP contribution is -2.27. The van der Waals surface area contributed by atoms with Crippen LogP contribution >= 0.6 is 0 Å². The maximum atomic E-state index is 5.22. The predicted molar refractivity (Wildman–Crippen MR) is 50.7 cm³/mol. The van der Waals surface area contributed by atoms with Crippen molar-refractivity contribution < 1.29 is 0 Å². The summed E-state index contributed by atoms with van der Waals surface area (Å²) in [7, 11) is 1.79. The predicted octanol–water partition coefficient (Wildman–Crippen LogP) is 0.311. The Labute approximate surface area is 71.5 Å². The van der Waals surface area contributed by atoms with Crippen LogP contribution in [0.4, 0.5) is 5.69 Å². The minimum Gasteiger partial charge on any atom is -0.369 e. The van der Waals surface area contributed by atoms with Crippen LogP contribution in [0.15, 0.2) is 35.4 Å². The molecule has 0 bridgehead atoms. The molecule has 0 aliphatic rings. The topological polar surface area (TPSA) is 67.6 Å². The fourth-order valence-corrected chi connectivity index (χ4v) is 0.875. The summed E-state index contributed by atoms with van der Waals surface area (Å²) in [6.45, 7) is 0. The Balaban J connectivity index is 2.79. The summed E-state index contributed by atoms with van der Waals surface area (Å²) in [5, 5.41) is 5.47. The third-order valence-corrected chi connectivity index (χ3v) is 1.40. The molecule has 4 heteroatoms. The summed E-state index contributed by atoms with van der Waals surface area (Å²) in [6, 6.07) is 9.63. The molecule has 64 valence electrons. The Kier molecular flexibility index (Phi) is 2.53. The molecule has 4 nitrogen and oxygen atoms in total. The number of hydrogen-bond donors (Lipinski definition) is 2. The molecular weight excluding hydrogens is 152 g/mol. The van der Waals surface area contributed by atoms with Crippen LogP contribution in [0, 0.1) is 0 Å². The van der Waals surface area contributed by atoms with Crippen molar-refractivity contribution >= 4 is 11.6 Å². The zero-order valence-electron chi connectivity index (χ0n) is 6.94. The van der Waals surface area contributed by atoms with E-state index in [1.807, 2.05) is 30.3 Å². The lowest BCUT2D eigenvalue weighted by Gasteiger charge is -2.12. The van der Waals surface area contributed by atoms with E-state index in [0.29, 0.717) is 0 Å². The van der Waals surface area contributed by atoms with E-state index in [0.717, 1.165) is 5.69 Å². The summed E-state index contributed by atoms with van der Waals surface area (Å²) >= 11 is 0. The maximum Gasteiger partial charge on any atom is 0.209 e. The van der Waals surface area contributed by atoms with Gasteiger partial charge in [0.2, 0.25) is 5.96 Å². The van der Waals surface area contributed by atoms with E-state index >= 15 is 0 Å². The van der Waals surface area contributed by atoms with Gasteiger partial charge in [0.15, 0.2) is 0 Å². The lowest BCUT2D eigenvalue weighted by atomic mass is 10.3. The minimum absolute atomic E-state index is 0.0568. The number of hydrazone groups is 1. The van der Waals surface area contributed by atoms with Gasteiger partial charge in [-0.2, -0.15) is 0 Å². The van der Waals surface area contributed by atoms with Gasteiger partial charge < -0.3 is 11.5 Å². The highest BCUT2D eigenvalue weighted by Crippen LogP contribution is 2.10. The van der Waals surface area contributed by atoms with Gasteiger partial charge in [-0.25, -0.2) is 0 Å². The van der Waals surface area contributed by atoms with Crippen molar-refractivity contribution in [3.05, 3.63) is 30.3 Å². The van der Waals surface area contributed by atoms with Gasteiger partial charge in [0, 0.05) is 7.05 Å². The van der Waals surface area contributed by atoms with Crippen molar-refractivity contribution in [1.29, 1.82) is 0 Å². The first-order valence-corrected chi connectivity index (χ1v) is 3.58. The fourth-order valence-electron chi connectivity index (χ4n) is 0.875. The summed E-state index contributed by atoms with van der Waals surface area (Å²) in [6.07, 6.45) is 0. The van der Waals surface area contributed by atoms with Gasteiger partial charge >= 0.3 is 0 Å². The molecule has 0 atom stereocenters. The van der Waals surface area contributed by atoms with Crippen LogP contribution in [0.5, 0.6) is 0 Å². The first kappa shape index (κ1) is 8.39. The molecule has 1 aromatic carbocycles. The normalized spacial score (nSPS) is 9.08. The number of para-hydroxylation sites is 1. The number of benzene rings is 1. The van der Waals surface area contributed by atoms with Crippen LogP contribution in [-0.4, -0.2) is 13.0 Å². The molecule has 0 amide bonds. The molecule has 0 spiro atoms. The van der Waals surface area contributed by atoms with Gasteiger partial charge in [-0.3, -0.25) is 5.01 Å². The summed E-state index contributed by atoms with van der Waals surface area (Å²) < 4.78 is 0. The van der Waals surface area contributed by atoms with Crippen LogP contribution < -0.4 is 16.5 Å². The molecular formula is C8H12N4. The smallest absolute Gasteiger partial charge is 0.209 e. The lowest BCUT2D eigenvalue weighted by molar-refractivity contribution is 1.01. The first-order valence-electron chi connectivity index (χ1n) is 3.58. The highest BCUT2D eigenvalue weighted by Gasteiger charge is 1.95. The molecule has 0 aliphatic heterocycles. The molecule has 0 saturated heterocycles. The third kappa shape index (κ3) is 2.16. The molecule has 12 heavy (non-hydrogen) atoms. The van der Waals surface area contributed by atoms with E-state index in [1.54, 1.807) is 12.1 Å². The van der Waals surface area contributed by atoms with E-state index in [9.17, 15) is 0 Å². The van der Waals surface area contributed by atoms with Gasteiger partial charge in [0.05, 0.1) is 5.69 Å². The van der Waals surface area contributed by atoms with Crippen molar-refractivity contribution in [2.45, 2.75) is 0 Å². The molecule has 1 aromatic rings. The molecule has 0 aromatic heterocycles. The summed E-state index contributed by atoms with van der Waals surface area (Å²) in [4.78, 5) is 0. The van der Waals surface area contributed by atoms with Crippen LogP contribution in [0.2, 0.25) is 0 Å². The van der Waals surface area contributed by atoms with Gasteiger partial charge in [0.1, 0.15) is 0 Å². The number of hydrogen-bond acceptors (Lipinski definition) is 2. The SMILES string of the molecule is CN(N=C(N)N)c1ccccc1. The van der Waals surface area contributed by atoms with Gasteiger partial charge in [-0.05, 0) is 12.1 Å². The van der Waals surface area contributed by atoms with E-state index in [4.69, 9.17) is 11.5 Å². The standard InChI is InChI=1S/C8H12N4/c1-12(11-8(9)10)7-5-3-2-4-6-7/h2-6H,1H3,(H4,9,10,11). The minimum atomic E-state index is 0.0568. The van der Waals surface area contributed by atoms with Crippen LogP contribution in [0.1, 0.15) is 0 Å².